The van der Waals surface area contributed by atoms with Crippen molar-refractivity contribution in [3.63, 3.8) is 0 Å². The second-order valence-electron chi connectivity index (χ2n) is 8.31. The lowest BCUT2D eigenvalue weighted by molar-refractivity contribution is 0.302. The first-order valence-corrected chi connectivity index (χ1v) is 11.3. The van der Waals surface area contributed by atoms with Gasteiger partial charge in [-0.1, -0.05) is 42.5 Å². The van der Waals surface area contributed by atoms with Crippen molar-refractivity contribution in [1.29, 1.82) is 0 Å². The molecule has 0 spiro atoms. The van der Waals surface area contributed by atoms with Gasteiger partial charge in [0.1, 0.15) is 0 Å². The summed E-state index contributed by atoms with van der Waals surface area (Å²) in [5, 5.41) is 4.31. The van der Waals surface area contributed by atoms with E-state index in [4.69, 9.17) is 12.2 Å². The van der Waals surface area contributed by atoms with Gasteiger partial charge in [-0.15, -0.1) is 0 Å². The summed E-state index contributed by atoms with van der Waals surface area (Å²) in [6.07, 6.45) is 3.98. The molecule has 0 radical (unpaired) electrons. The van der Waals surface area contributed by atoms with E-state index in [2.05, 4.69) is 100 Å². The largest absolute Gasteiger partial charge is 0.352 e. The monoisotopic (exact) mass is 438 g/mol. The van der Waals surface area contributed by atoms with Crippen LogP contribution in [-0.4, -0.2) is 19.6 Å². The second kappa shape index (κ2) is 8.60. The van der Waals surface area contributed by atoms with Gasteiger partial charge >= 0.3 is 0 Å². The molecule has 4 nitrogen and oxygen atoms in total. The molecule has 5 heteroatoms. The fraction of sp³-hybridized carbons (Fsp3) is 0.185. The van der Waals surface area contributed by atoms with Crippen molar-refractivity contribution in [3.8, 4) is 5.69 Å². The summed E-state index contributed by atoms with van der Waals surface area (Å²) in [6, 6.07) is 27.4. The Bertz CT molecular complexity index is 1230. The van der Waals surface area contributed by atoms with Gasteiger partial charge in [0, 0.05) is 30.3 Å². The van der Waals surface area contributed by atoms with Crippen LogP contribution in [0.15, 0.2) is 91.3 Å². The first kappa shape index (κ1) is 20.5. The molecule has 2 aromatic heterocycles. The fourth-order valence-electron chi connectivity index (χ4n) is 4.42. The summed E-state index contributed by atoms with van der Waals surface area (Å²) >= 11 is 5.84. The number of hydrogen-bond acceptors (Lipinski definition) is 2. The third-order valence-electron chi connectivity index (χ3n) is 6.25. The SMILES string of the molecule is Cc1ccc(-n2cccc2[C@@H]2[C@@H](c3ccccn3)NC(=S)N2Cc2ccccc2)cc1C. The van der Waals surface area contributed by atoms with Crippen LogP contribution in [0.1, 0.15) is 40.2 Å². The lowest BCUT2D eigenvalue weighted by atomic mass is 10.0. The van der Waals surface area contributed by atoms with Crippen LogP contribution >= 0.6 is 12.2 Å². The van der Waals surface area contributed by atoms with Crippen LogP contribution < -0.4 is 5.32 Å². The maximum atomic E-state index is 5.84. The van der Waals surface area contributed by atoms with E-state index in [0.29, 0.717) is 0 Å². The molecule has 160 valence electrons. The van der Waals surface area contributed by atoms with Gasteiger partial charge in [-0.25, -0.2) is 0 Å². The molecule has 5 rings (SSSR count). The lowest BCUT2D eigenvalue weighted by Crippen LogP contribution is -2.30. The molecule has 0 aliphatic carbocycles. The minimum absolute atomic E-state index is 0.00853. The number of benzene rings is 2. The van der Waals surface area contributed by atoms with E-state index in [1.807, 2.05) is 24.4 Å². The van der Waals surface area contributed by atoms with Crippen LogP contribution in [0.4, 0.5) is 0 Å². The molecular weight excluding hydrogens is 412 g/mol. The molecule has 0 unspecified atom stereocenters. The highest BCUT2D eigenvalue weighted by molar-refractivity contribution is 7.80. The minimum Gasteiger partial charge on any atom is -0.352 e. The molecule has 1 N–H and O–H groups in total. The zero-order valence-corrected chi connectivity index (χ0v) is 19.1. The summed E-state index contributed by atoms with van der Waals surface area (Å²) in [4.78, 5) is 6.96. The number of aromatic nitrogens is 2. The van der Waals surface area contributed by atoms with Crippen molar-refractivity contribution in [2.45, 2.75) is 32.5 Å². The molecular formula is C27H26N4S. The molecule has 2 atom stereocenters. The Morgan fingerprint density at radius 1 is 0.906 bits per heavy atom. The van der Waals surface area contributed by atoms with Gasteiger partial charge in [0.2, 0.25) is 0 Å². The van der Waals surface area contributed by atoms with Crippen LogP contribution in [0.5, 0.6) is 0 Å². The Kier molecular flexibility index (Phi) is 5.50. The van der Waals surface area contributed by atoms with Crippen LogP contribution in [0.3, 0.4) is 0 Å². The van der Waals surface area contributed by atoms with E-state index in [9.17, 15) is 0 Å². The number of rotatable bonds is 5. The molecule has 0 saturated carbocycles. The standard InChI is InChI=1S/C27H26N4S/c1-19-13-14-22(17-20(19)2)30-16-8-12-24(30)26-25(23-11-6-7-15-28-23)29-27(32)31(26)18-21-9-4-3-5-10-21/h3-17,25-26H,18H2,1-2H3,(H,29,32)/t25-,26-/m1/s1. The number of nitrogens with one attached hydrogen (secondary N) is 1. The molecule has 0 amide bonds. The Balaban J connectivity index is 1.61. The summed E-state index contributed by atoms with van der Waals surface area (Å²) in [5.41, 5.74) is 7.14. The van der Waals surface area contributed by atoms with E-state index in [-0.39, 0.29) is 12.1 Å². The van der Waals surface area contributed by atoms with E-state index < -0.39 is 0 Å². The molecule has 2 aromatic carbocycles. The molecule has 1 saturated heterocycles. The average Bonchev–Trinajstić information content (AvgIpc) is 3.42. The summed E-state index contributed by atoms with van der Waals surface area (Å²) in [6.45, 7) is 5.04. The van der Waals surface area contributed by atoms with Crippen molar-refractivity contribution < 1.29 is 0 Å². The quantitative estimate of drug-likeness (QED) is 0.408. The van der Waals surface area contributed by atoms with Gasteiger partial charge in [-0.2, -0.15) is 0 Å². The number of aryl methyl sites for hydroxylation is 2. The number of thiocarbonyl (C=S) groups is 1. The van der Waals surface area contributed by atoms with Crippen LogP contribution in [0, 0.1) is 13.8 Å². The topological polar surface area (TPSA) is 33.1 Å². The average molecular weight is 439 g/mol. The van der Waals surface area contributed by atoms with Crippen LogP contribution in [-0.2, 0) is 6.54 Å². The number of pyridine rings is 1. The number of hydrogen-bond donors (Lipinski definition) is 1. The molecule has 0 bridgehead atoms. The molecule has 1 aliphatic heterocycles. The van der Waals surface area contributed by atoms with Crippen molar-refractivity contribution in [2.24, 2.45) is 0 Å². The van der Waals surface area contributed by atoms with Gasteiger partial charge in [-0.3, -0.25) is 4.98 Å². The maximum absolute atomic E-state index is 5.84. The Hall–Kier alpha value is -3.44. The zero-order chi connectivity index (χ0) is 22.1. The van der Waals surface area contributed by atoms with Gasteiger partial charge in [-0.05, 0) is 79.2 Å². The Morgan fingerprint density at radius 2 is 1.72 bits per heavy atom. The van der Waals surface area contributed by atoms with Crippen LogP contribution in [0.25, 0.3) is 5.69 Å². The second-order valence-corrected chi connectivity index (χ2v) is 8.70. The highest BCUT2D eigenvalue weighted by Gasteiger charge is 2.41. The third-order valence-corrected chi connectivity index (χ3v) is 6.60. The van der Waals surface area contributed by atoms with Gasteiger partial charge in [0.15, 0.2) is 5.11 Å². The molecule has 3 heterocycles. The van der Waals surface area contributed by atoms with Gasteiger partial charge in [0.05, 0.1) is 17.8 Å². The van der Waals surface area contributed by atoms with E-state index in [0.717, 1.165) is 23.0 Å². The first-order chi connectivity index (χ1) is 15.6. The molecule has 1 aliphatic rings. The zero-order valence-electron chi connectivity index (χ0n) is 18.3. The van der Waals surface area contributed by atoms with Crippen molar-refractivity contribution in [2.75, 3.05) is 0 Å². The van der Waals surface area contributed by atoms with Gasteiger partial charge < -0.3 is 14.8 Å². The molecule has 4 aromatic rings. The molecule has 1 fully saturated rings. The Morgan fingerprint density at radius 3 is 2.47 bits per heavy atom. The maximum Gasteiger partial charge on any atom is 0.170 e. The first-order valence-electron chi connectivity index (χ1n) is 10.9. The predicted molar refractivity (Wildman–Crippen MR) is 133 cm³/mol. The minimum atomic E-state index is -0.0346. The normalized spacial score (nSPS) is 18.1. The van der Waals surface area contributed by atoms with E-state index in [1.54, 1.807) is 0 Å². The summed E-state index contributed by atoms with van der Waals surface area (Å²) in [7, 11) is 0. The van der Waals surface area contributed by atoms with E-state index in [1.165, 1.54) is 22.4 Å². The number of nitrogens with zero attached hydrogens (tertiary/aromatic N) is 3. The summed E-state index contributed by atoms with van der Waals surface area (Å²) in [5.74, 6) is 0. The third kappa shape index (κ3) is 3.80. The van der Waals surface area contributed by atoms with Crippen molar-refractivity contribution in [1.82, 2.24) is 19.8 Å². The highest BCUT2D eigenvalue weighted by atomic mass is 32.1. The van der Waals surface area contributed by atoms with Crippen molar-refractivity contribution >= 4 is 17.3 Å². The Labute approximate surface area is 194 Å². The fourth-order valence-corrected chi connectivity index (χ4v) is 4.73. The highest BCUT2D eigenvalue weighted by Crippen LogP contribution is 2.40. The predicted octanol–water partition coefficient (Wildman–Crippen LogP) is 5.66. The van der Waals surface area contributed by atoms with Gasteiger partial charge in [0.25, 0.3) is 0 Å². The lowest BCUT2D eigenvalue weighted by Gasteiger charge is -2.29. The molecule has 32 heavy (non-hydrogen) atoms. The smallest absolute Gasteiger partial charge is 0.170 e. The van der Waals surface area contributed by atoms with Crippen molar-refractivity contribution in [3.05, 3.63) is 119 Å². The van der Waals surface area contributed by atoms with Crippen LogP contribution in [0.2, 0.25) is 0 Å². The van der Waals surface area contributed by atoms with E-state index >= 15 is 0 Å². The summed E-state index contributed by atoms with van der Waals surface area (Å²) < 4.78 is 2.28.